The van der Waals surface area contributed by atoms with E-state index in [1.807, 2.05) is 37.3 Å². The van der Waals surface area contributed by atoms with Crippen LogP contribution < -0.4 is 5.56 Å². The molecule has 0 aliphatic rings. The molecule has 2 heterocycles. The summed E-state index contributed by atoms with van der Waals surface area (Å²) in [6.07, 6.45) is 0.662. The van der Waals surface area contributed by atoms with Crippen molar-refractivity contribution in [2.75, 3.05) is 0 Å². The first-order chi connectivity index (χ1) is 9.15. The largest absolute Gasteiger partial charge is 0.493 e. The van der Waals surface area contributed by atoms with Crippen LogP contribution in [0.4, 0.5) is 0 Å². The first-order valence-electron chi connectivity index (χ1n) is 5.99. The molecule has 0 amide bonds. The van der Waals surface area contributed by atoms with Crippen LogP contribution in [0.5, 0.6) is 5.88 Å². The van der Waals surface area contributed by atoms with Crippen molar-refractivity contribution >= 4 is 5.65 Å². The molecule has 3 aromatic rings. The zero-order valence-electron chi connectivity index (χ0n) is 10.4. The lowest BCUT2D eigenvalue weighted by atomic mass is 10.1. The number of fused-ring (bicyclic) bond motifs is 1. The van der Waals surface area contributed by atoms with Crippen molar-refractivity contribution in [2.45, 2.75) is 13.3 Å². The maximum Gasteiger partial charge on any atom is 0.254 e. The number of nitrogens with one attached hydrogen (secondary N) is 1. The molecule has 19 heavy (non-hydrogen) atoms. The summed E-state index contributed by atoms with van der Waals surface area (Å²) in [6, 6.07) is 11.0. The molecule has 0 unspecified atom stereocenters. The smallest absolute Gasteiger partial charge is 0.254 e. The maximum atomic E-state index is 11.5. The van der Waals surface area contributed by atoms with E-state index in [0.29, 0.717) is 12.1 Å². The second-order valence-electron chi connectivity index (χ2n) is 4.48. The monoisotopic (exact) mass is 255 g/mol. The molecule has 0 atom stereocenters. The van der Waals surface area contributed by atoms with Crippen molar-refractivity contribution in [1.82, 2.24) is 14.6 Å². The highest BCUT2D eigenvalue weighted by Gasteiger charge is 2.13. The van der Waals surface area contributed by atoms with Crippen LogP contribution in [0.1, 0.15) is 16.8 Å². The second-order valence-corrected chi connectivity index (χ2v) is 4.48. The zero-order valence-corrected chi connectivity index (χ0v) is 10.4. The van der Waals surface area contributed by atoms with Gasteiger partial charge in [0.05, 0.1) is 11.8 Å². The highest BCUT2D eigenvalue weighted by Crippen LogP contribution is 2.19. The van der Waals surface area contributed by atoms with Crippen LogP contribution in [0.3, 0.4) is 0 Å². The second kappa shape index (κ2) is 4.28. The van der Waals surface area contributed by atoms with Gasteiger partial charge in [-0.15, -0.1) is 0 Å². The van der Waals surface area contributed by atoms with Crippen LogP contribution in [-0.2, 0) is 6.42 Å². The van der Waals surface area contributed by atoms with Crippen LogP contribution in [0.2, 0.25) is 0 Å². The summed E-state index contributed by atoms with van der Waals surface area (Å²) in [6.45, 7) is 1.86. The Hall–Kier alpha value is -2.56. The van der Waals surface area contributed by atoms with E-state index in [4.69, 9.17) is 0 Å². The molecule has 2 N–H and O–H groups in total. The number of benzene rings is 1. The number of H-pyrrole nitrogens is 1. The Morgan fingerprint density at radius 1 is 1.32 bits per heavy atom. The number of aromatic nitrogens is 3. The van der Waals surface area contributed by atoms with Gasteiger partial charge in [0.25, 0.3) is 5.56 Å². The molecule has 0 radical (unpaired) electrons. The van der Waals surface area contributed by atoms with Gasteiger partial charge in [0, 0.05) is 12.0 Å². The molecule has 0 saturated carbocycles. The van der Waals surface area contributed by atoms with E-state index < -0.39 is 0 Å². The van der Waals surface area contributed by atoms with Crippen LogP contribution in [-0.4, -0.2) is 19.7 Å². The molecule has 1 aromatic carbocycles. The van der Waals surface area contributed by atoms with Gasteiger partial charge in [-0.25, -0.2) is 0 Å². The fraction of sp³-hybridized carbons (Fsp3) is 0.143. The number of rotatable bonds is 2. The minimum absolute atomic E-state index is 0.152. The van der Waals surface area contributed by atoms with Crippen molar-refractivity contribution < 1.29 is 5.11 Å². The number of hydrogen-bond donors (Lipinski definition) is 2. The van der Waals surface area contributed by atoms with E-state index in [2.05, 4.69) is 10.1 Å². The van der Waals surface area contributed by atoms with Crippen molar-refractivity contribution in [3.63, 3.8) is 0 Å². The lowest BCUT2D eigenvalue weighted by Crippen LogP contribution is -2.07. The molecule has 5 nitrogen and oxygen atoms in total. The molecule has 2 aromatic heterocycles. The predicted octanol–water partition coefficient (Wildman–Crippen LogP) is 1.63. The minimum Gasteiger partial charge on any atom is -0.493 e. The van der Waals surface area contributed by atoms with Gasteiger partial charge in [0.2, 0.25) is 5.88 Å². The molecule has 0 aliphatic heterocycles. The van der Waals surface area contributed by atoms with Crippen LogP contribution >= 0.6 is 0 Å². The normalized spacial score (nSPS) is 11.0. The Labute approximate surface area is 109 Å². The first-order valence-corrected chi connectivity index (χ1v) is 5.99. The third-order valence-electron chi connectivity index (χ3n) is 3.13. The minimum atomic E-state index is -0.334. The highest BCUT2D eigenvalue weighted by molar-refractivity contribution is 5.53. The topological polar surface area (TPSA) is 70.4 Å². The average Bonchev–Trinajstić information content (AvgIpc) is 2.69. The SMILES string of the molecule is Cc1nn2c(O)cc(=O)[nH]c2c1Cc1ccccc1. The maximum absolute atomic E-state index is 11.5. The van der Waals surface area contributed by atoms with E-state index in [1.54, 1.807) is 0 Å². The fourth-order valence-corrected chi connectivity index (χ4v) is 2.20. The molecule has 5 heteroatoms. The fourth-order valence-electron chi connectivity index (χ4n) is 2.20. The summed E-state index contributed by atoms with van der Waals surface area (Å²) in [5.41, 5.74) is 3.05. The number of aryl methyl sites for hydroxylation is 1. The third kappa shape index (κ3) is 1.99. The number of aromatic hydroxyl groups is 1. The molecule has 0 spiro atoms. The molecule has 3 rings (SSSR count). The summed E-state index contributed by atoms with van der Waals surface area (Å²) in [7, 11) is 0. The molecule has 0 fully saturated rings. The van der Waals surface area contributed by atoms with E-state index in [9.17, 15) is 9.90 Å². The summed E-state index contributed by atoms with van der Waals surface area (Å²) < 4.78 is 1.36. The van der Waals surface area contributed by atoms with Gasteiger partial charge in [0.1, 0.15) is 5.65 Å². The van der Waals surface area contributed by atoms with E-state index in [0.717, 1.165) is 22.9 Å². The van der Waals surface area contributed by atoms with Gasteiger partial charge in [0.15, 0.2) is 0 Å². The number of hydrogen-bond acceptors (Lipinski definition) is 3. The third-order valence-corrected chi connectivity index (χ3v) is 3.13. The lowest BCUT2D eigenvalue weighted by molar-refractivity contribution is 0.434. The van der Waals surface area contributed by atoms with Crippen LogP contribution in [0.15, 0.2) is 41.2 Å². The summed E-state index contributed by atoms with van der Waals surface area (Å²) in [4.78, 5) is 14.2. The standard InChI is InChI=1S/C14H13N3O2/c1-9-11(7-10-5-3-2-4-6-10)14-15-12(18)8-13(19)17(14)16-9/h2-6,8,19H,7H2,1H3,(H,15,18). The van der Waals surface area contributed by atoms with Crippen molar-refractivity contribution in [3.05, 3.63) is 63.6 Å². The van der Waals surface area contributed by atoms with Gasteiger partial charge in [-0.3, -0.25) is 4.79 Å². The molecule has 0 aliphatic carbocycles. The van der Waals surface area contributed by atoms with Gasteiger partial charge < -0.3 is 10.1 Å². The molecule has 0 saturated heterocycles. The quantitative estimate of drug-likeness (QED) is 0.731. The Balaban J connectivity index is 2.18. The van der Waals surface area contributed by atoms with Gasteiger partial charge in [-0.05, 0) is 12.5 Å². The Kier molecular flexibility index (Phi) is 2.59. The Bertz CT molecular complexity index is 788. The van der Waals surface area contributed by atoms with E-state index >= 15 is 0 Å². The summed E-state index contributed by atoms with van der Waals surface area (Å²) >= 11 is 0. The van der Waals surface area contributed by atoms with Crippen molar-refractivity contribution in [1.29, 1.82) is 0 Å². The predicted molar refractivity (Wildman–Crippen MR) is 71.5 cm³/mol. The first kappa shape index (κ1) is 11.5. The zero-order chi connectivity index (χ0) is 13.4. The summed E-state index contributed by atoms with van der Waals surface area (Å²) in [5, 5.41) is 14.0. The lowest BCUT2D eigenvalue weighted by Gasteiger charge is -2.01. The molecular weight excluding hydrogens is 242 g/mol. The van der Waals surface area contributed by atoms with Crippen LogP contribution in [0, 0.1) is 6.92 Å². The molecular formula is C14H13N3O2. The number of nitrogens with zero attached hydrogens (tertiary/aromatic N) is 2. The summed E-state index contributed by atoms with van der Waals surface area (Å²) in [5.74, 6) is -0.152. The molecule has 96 valence electrons. The Morgan fingerprint density at radius 2 is 2.05 bits per heavy atom. The van der Waals surface area contributed by atoms with Crippen LogP contribution in [0.25, 0.3) is 5.65 Å². The Morgan fingerprint density at radius 3 is 2.79 bits per heavy atom. The van der Waals surface area contributed by atoms with Gasteiger partial charge in [-0.2, -0.15) is 9.61 Å². The van der Waals surface area contributed by atoms with E-state index in [-0.39, 0.29) is 11.4 Å². The highest BCUT2D eigenvalue weighted by atomic mass is 16.3. The van der Waals surface area contributed by atoms with Gasteiger partial charge in [-0.1, -0.05) is 30.3 Å². The average molecular weight is 255 g/mol. The van der Waals surface area contributed by atoms with Crippen molar-refractivity contribution in [3.8, 4) is 5.88 Å². The number of aromatic amines is 1. The molecule has 0 bridgehead atoms. The van der Waals surface area contributed by atoms with E-state index in [1.165, 1.54) is 4.52 Å². The van der Waals surface area contributed by atoms with Crippen molar-refractivity contribution in [2.24, 2.45) is 0 Å². The van der Waals surface area contributed by atoms with Gasteiger partial charge >= 0.3 is 0 Å².